The average molecular weight is 153 g/mol. The number of hydrogen-bond acceptors (Lipinski definition) is 3. The van der Waals surface area contributed by atoms with Gasteiger partial charge in [-0.15, -0.1) is 0 Å². The second kappa shape index (κ2) is 2.08. The minimum Gasteiger partial charge on any atom is -0.467 e. The van der Waals surface area contributed by atoms with Gasteiger partial charge in [-0.3, -0.25) is 5.32 Å². The molecule has 2 aliphatic heterocycles. The summed E-state index contributed by atoms with van der Waals surface area (Å²) in [6.45, 7) is 0. The van der Waals surface area contributed by atoms with Crippen molar-refractivity contribution in [3.05, 3.63) is 12.2 Å². The lowest BCUT2D eigenvalue weighted by Gasteiger charge is -2.19. The largest absolute Gasteiger partial charge is 0.467 e. The maximum atomic E-state index is 11.3. The van der Waals surface area contributed by atoms with E-state index in [2.05, 4.69) is 5.32 Å². The molecule has 11 heavy (non-hydrogen) atoms. The Bertz CT molecular complexity index is 224. The molecule has 1 N–H and O–H groups in total. The molecular formula is C8H11NO2. The van der Waals surface area contributed by atoms with Gasteiger partial charge in [0.15, 0.2) is 0 Å². The van der Waals surface area contributed by atoms with Gasteiger partial charge < -0.3 is 4.74 Å². The molecule has 2 atom stereocenters. The molecule has 0 aromatic rings. The predicted molar refractivity (Wildman–Crippen MR) is 40.0 cm³/mol. The summed E-state index contributed by atoms with van der Waals surface area (Å²) in [5.74, 6) is -0.159. The van der Waals surface area contributed by atoms with Crippen LogP contribution in [0.4, 0.5) is 0 Å². The zero-order valence-electron chi connectivity index (χ0n) is 6.46. The number of hydrogen-bond donors (Lipinski definition) is 1. The van der Waals surface area contributed by atoms with Crippen molar-refractivity contribution in [1.82, 2.24) is 5.32 Å². The first-order valence-corrected chi connectivity index (χ1v) is 3.82. The first-order chi connectivity index (χ1) is 5.27. The van der Waals surface area contributed by atoms with Gasteiger partial charge in [0.25, 0.3) is 0 Å². The molecule has 0 saturated carbocycles. The van der Waals surface area contributed by atoms with E-state index in [9.17, 15) is 4.79 Å². The number of methoxy groups -OCH3 is 1. The number of carbonyl (C=O) groups excluding carboxylic acids is 1. The Labute approximate surface area is 65.4 Å². The van der Waals surface area contributed by atoms with Crippen molar-refractivity contribution in [3.8, 4) is 0 Å². The summed E-state index contributed by atoms with van der Waals surface area (Å²) < 4.78 is 4.70. The molecule has 1 saturated heterocycles. The highest BCUT2D eigenvalue weighted by molar-refractivity contribution is 5.85. The Kier molecular flexibility index (Phi) is 1.29. The number of fused-ring (bicyclic) bond motifs is 2. The van der Waals surface area contributed by atoms with Gasteiger partial charge in [-0.05, 0) is 12.8 Å². The lowest BCUT2D eigenvalue weighted by Crippen LogP contribution is -2.45. The average Bonchev–Trinajstić information content (AvgIpc) is 2.62. The first-order valence-electron chi connectivity index (χ1n) is 3.82. The van der Waals surface area contributed by atoms with Crippen molar-refractivity contribution in [1.29, 1.82) is 0 Å². The van der Waals surface area contributed by atoms with E-state index in [4.69, 9.17) is 4.74 Å². The van der Waals surface area contributed by atoms with Crippen LogP contribution in [0.5, 0.6) is 0 Å². The van der Waals surface area contributed by atoms with E-state index in [1.54, 1.807) is 0 Å². The van der Waals surface area contributed by atoms with E-state index < -0.39 is 5.54 Å². The Morgan fingerprint density at radius 1 is 1.82 bits per heavy atom. The molecule has 60 valence electrons. The zero-order chi connectivity index (χ0) is 7.90. The quantitative estimate of drug-likeness (QED) is 0.432. The van der Waals surface area contributed by atoms with Crippen LogP contribution < -0.4 is 5.32 Å². The normalized spacial score (nSPS) is 39.5. The summed E-state index contributed by atoms with van der Waals surface area (Å²) in [4.78, 5) is 11.3. The Hall–Kier alpha value is -0.830. The highest BCUT2D eigenvalue weighted by atomic mass is 16.5. The molecule has 0 spiro atoms. The molecule has 0 unspecified atom stereocenters. The lowest BCUT2D eigenvalue weighted by molar-refractivity contribution is -0.145. The standard InChI is InChI=1S/C8H11NO2/c1-11-7(10)8-4-2-6(9-8)3-5-8/h2,4,6,9H,3,5H2,1H3/t6-,8+/m1/s1. The SMILES string of the molecule is COC(=O)[C@]12C=C[C@H](CC1)N2. The van der Waals surface area contributed by atoms with Crippen molar-refractivity contribution in [3.63, 3.8) is 0 Å². The number of carbonyl (C=O) groups is 1. The van der Waals surface area contributed by atoms with Crippen LogP contribution in [0.2, 0.25) is 0 Å². The minimum atomic E-state index is -0.473. The zero-order valence-corrected chi connectivity index (χ0v) is 6.46. The second-order valence-electron chi connectivity index (χ2n) is 3.11. The van der Waals surface area contributed by atoms with Gasteiger partial charge >= 0.3 is 5.97 Å². The third kappa shape index (κ3) is 0.807. The van der Waals surface area contributed by atoms with Crippen LogP contribution in [0.1, 0.15) is 12.8 Å². The molecule has 0 amide bonds. The Balaban J connectivity index is 2.23. The van der Waals surface area contributed by atoms with Crippen molar-refractivity contribution in [2.24, 2.45) is 0 Å². The molecular weight excluding hydrogens is 142 g/mol. The molecule has 2 aliphatic rings. The number of nitrogens with one attached hydrogen (secondary N) is 1. The molecule has 3 heteroatoms. The minimum absolute atomic E-state index is 0.159. The maximum Gasteiger partial charge on any atom is 0.330 e. The van der Waals surface area contributed by atoms with E-state index >= 15 is 0 Å². The van der Waals surface area contributed by atoms with Crippen molar-refractivity contribution < 1.29 is 9.53 Å². The third-order valence-corrected chi connectivity index (χ3v) is 2.46. The van der Waals surface area contributed by atoms with Gasteiger partial charge in [0.1, 0.15) is 5.54 Å². The summed E-state index contributed by atoms with van der Waals surface area (Å²) >= 11 is 0. The summed E-state index contributed by atoms with van der Waals surface area (Å²) in [7, 11) is 1.43. The van der Waals surface area contributed by atoms with Crippen LogP contribution in [-0.4, -0.2) is 24.7 Å². The van der Waals surface area contributed by atoms with Gasteiger partial charge in [0, 0.05) is 6.04 Å². The predicted octanol–water partition coefficient (Wildman–Crippen LogP) is 0.220. The fraction of sp³-hybridized carbons (Fsp3) is 0.625. The molecule has 1 fully saturated rings. The summed E-state index contributed by atoms with van der Waals surface area (Å²) in [6.07, 6.45) is 5.89. The summed E-state index contributed by atoms with van der Waals surface area (Å²) in [5.41, 5.74) is -0.473. The van der Waals surface area contributed by atoms with Crippen molar-refractivity contribution >= 4 is 5.97 Å². The van der Waals surface area contributed by atoms with Crippen LogP contribution in [0, 0.1) is 0 Å². The molecule has 0 aromatic carbocycles. The molecule has 0 aromatic heterocycles. The van der Waals surface area contributed by atoms with Crippen molar-refractivity contribution in [2.75, 3.05) is 7.11 Å². The fourth-order valence-electron chi connectivity index (χ4n) is 1.83. The highest BCUT2D eigenvalue weighted by Crippen LogP contribution is 2.32. The number of esters is 1. The third-order valence-electron chi connectivity index (χ3n) is 2.46. The maximum absolute atomic E-state index is 11.3. The van der Waals surface area contributed by atoms with Gasteiger partial charge in [-0.1, -0.05) is 12.2 Å². The number of rotatable bonds is 1. The van der Waals surface area contributed by atoms with E-state index in [1.807, 2.05) is 12.2 Å². The molecule has 2 rings (SSSR count). The van der Waals surface area contributed by atoms with Gasteiger partial charge in [-0.25, -0.2) is 4.79 Å². The first kappa shape index (κ1) is 6.85. The van der Waals surface area contributed by atoms with E-state index in [1.165, 1.54) is 7.11 Å². The number of ether oxygens (including phenoxy) is 1. The fourth-order valence-corrected chi connectivity index (χ4v) is 1.83. The van der Waals surface area contributed by atoms with Crippen molar-refractivity contribution in [2.45, 2.75) is 24.4 Å². The van der Waals surface area contributed by atoms with Crippen LogP contribution in [-0.2, 0) is 9.53 Å². The van der Waals surface area contributed by atoms with Crippen LogP contribution in [0.25, 0.3) is 0 Å². The summed E-state index contributed by atoms with van der Waals surface area (Å²) in [5, 5.41) is 3.21. The molecule has 0 radical (unpaired) electrons. The Morgan fingerprint density at radius 2 is 2.64 bits per heavy atom. The molecule has 0 aliphatic carbocycles. The van der Waals surface area contributed by atoms with Gasteiger partial charge in [0.2, 0.25) is 0 Å². The van der Waals surface area contributed by atoms with E-state index in [0.717, 1.165) is 12.8 Å². The monoisotopic (exact) mass is 153 g/mol. The van der Waals surface area contributed by atoms with Crippen LogP contribution >= 0.6 is 0 Å². The highest BCUT2D eigenvalue weighted by Gasteiger charge is 2.46. The summed E-state index contributed by atoms with van der Waals surface area (Å²) in [6, 6.07) is 0.397. The second-order valence-corrected chi connectivity index (χ2v) is 3.11. The molecule has 2 bridgehead atoms. The molecule has 3 nitrogen and oxygen atoms in total. The molecule has 2 heterocycles. The Morgan fingerprint density at radius 3 is 3.00 bits per heavy atom. The topological polar surface area (TPSA) is 38.3 Å². The van der Waals surface area contributed by atoms with E-state index in [0.29, 0.717) is 6.04 Å². The van der Waals surface area contributed by atoms with Crippen LogP contribution in [0.3, 0.4) is 0 Å². The lowest BCUT2D eigenvalue weighted by atomic mass is 9.94. The van der Waals surface area contributed by atoms with Crippen LogP contribution in [0.15, 0.2) is 12.2 Å². The smallest absolute Gasteiger partial charge is 0.330 e. The van der Waals surface area contributed by atoms with Gasteiger partial charge in [0.05, 0.1) is 7.11 Å². The van der Waals surface area contributed by atoms with Gasteiger partial charge in [-0.2, -0.15) is 0 Å². The van der Waals surface area contributed by atoms with E-state index in [-0.39, 0.29) is 5.97 Å².